The van der Waals surface area contributed by atoms with Crippen molar-refractivity contribution in [1.82, 2.24) is 9.44 Å². The first-order valence-electron chi connectivity index (χ1n) is 4.25. The van der Waals surface area contributed by atoms with E-state index >= 15 is 0 Å². The molecule has 0 saturated heterocycles. The first kappa shape index (κ1) is 16.1. The zero-order valence-corrected chi connectivity index (χ0v) is 9.18. The molecule has 0 radical (unpaired) electrons. The average molecular weight is 280 g/mol. The van der Waals surface area contributed by atoms with Gasteiger partial charge in [-0.2, -0.15) is 31.0 Å². The highest BCUT2D eigenvalue weighted by molar-refractivity contribution is 7.87. The van der Waals surface area contributed by atoms with Crippen molar-refractivity contribution in [3.8, 4) is 0 Å². The zero-order valence-electron chi connectivity index (χ0n) is 8.36. The van der Waals surface area contributed by atoms with Crippen LogP contribution in [0.2, 0.25) is 0 Å². The van der Waals surface area contributed by atoms with Crippen LogP contribution in [-0.4, -0.2) is 50.0 Å². The molecule has 0 spiro atoms. The second-order valence-corrected chi connectivity index (χ2v) is 4.49. The number of hydrogen-bond donors (Lipinski definition) is 4. The van der Waals surface area contributed by atoms with Gasteiger partial charge in [-0.3, -0.25) is 4.79 Å². The Morgan fingerprint density at radius 1 is 1.35 bits per heavy atom. The minimum atomic E-state index is -4.75. The second-order valence-electron chi connectivity index (χ2n) is 2.96. The fourth-order valence-electron chi connectivity index (χ4n) is 0.768. The van der Waals surface area contributed by atoms with E-state index in [9.17, 15) is 26.4 Å². The maximum atomic E-state index is 11.7. The molecule has 11 heteroatoms. The van der Waals surface area contributed by atoms with Crippen molar-refractivity contribution >= 4 is 16.2 Å². The van der Waals surface area contributed by atoms with Gasteiger partial charge in [0.2, 0.25) is 0 Å². The number of carboxylic acid groups (broad SMARTS) is 1. The van der Waals surface area contributed by atoms with Crippen molar-refractivity contribution in [2.24, 2.45) is 0 Å². The Morgan fingerprint density at radius 2 is 1.88 bits per heavy atom. The Hall–Kier alpha value is -0.910. The van der Waals surface area contributed by atoms with Gasteiger partial charge in [-0.05, 0) is 6.42 Å². The molecule has 0 bridgehead atoms. The van der Waals surface area contributed by atoms with Crippen LogP contribution in [0.15, 0.2) is 0 Å². The topological polar surface area (TPSA) is 116 Å². The predicted octanol–water partition coefficient (Wildman–Crippen LogP) is -1.19. The molecule has 17 heavy (non-hydrogen) atoms. The molecular formula is C6H11F3N2O5S. The van der Waals surface area contributed by atoms with Crippen LogP contribution in [0.1, 0.15) is 6.42 Å². The van der Waals surface area contributed by atoms with Gasteiger partial charge in [0.25, 0.3) is 10.2 Å². The van der Waals surface area contributed by atoms with Crippen LogP contribution in [0.4, 0.5) is 13.2 Å². The van der Waals surface area contributed by atoms with Crippen molar-refractivity contribution in [2.45, 2.75) is 18.6 Å². The normalized spacial score (nSPS) is 14.6. The largest absolute Gasteiger partial charge is 0.480 e. The first-order chi connectivity index (χ1) is 7.57. The minimum Gasteiger partial charge on any atom is -0.480 e. The van der Waals surface area contributed by atoms with Crippen LogP contribution < -0.4 is 9.44 Å². The molecule has 1 atom stereocenters. The maximum absolute atomic E-state index is 11.7. The lowest BCUT2D eigenvalue weighted by molar-refractivity contribution is -0.139. The van der Waals surface area contributed by atoms with Gasteiger partial charge >= 0.3 is 12.1 Å². The Kier molecular flexibility index (Phi) is 5.81. The molecule has 0 aromatic carbocycles. The Bertz CT molecular complexity index is 355. The number of halogens is 3. The highest BCUT2D eigenvalue weighted by Gasteiger charge is 2.31. The number of alkyl halides is 3. The molecule has 0 aromatic heterocycles. The number of aliphatic carboxylic acids is 1. The zero-order chi connectivity index (χ0) is 13.7. The number of carboxylic acids is 1. The van der Waals surface area contributed by atoms with E-state index in [2.05, 4.69) is 0 Å². The molecule has 0 saturated carbocycles. The summed E-state index contributed by atoms with van der Waals surface area (Å²) in [5.41, 5.74) is 0. The lowest BCUT2D eigenvalue weighted by atomic mass is 10.2. The van der Waals surface area contributed by atoms with E-state index in [-0.39, 0.29) is 0 Å². The molecule has 0 heterocycles. The van der Waals surface area contributed by atoms with Gasteiger partial charge in [-0.25, -0.2) is 0 Å². The van der Waals surface area contributed by atoms with Crippen LogP contribution in [0.5, 0.6) is 0 Å². The fraction of sp³-hybridized carbons (Fsp3) is 0.833. The third-order valence-corrected chi connectivity index (χ3v) is 2.60. The monoisotopic (exact) mass is 280 g/mol. The van der Waals surface area contributed by atoms with Gasteiger partial charge in [-0.1, -0.05) is 0 Å². The Labute approximate surface area is 94.8 Å². The summed E-state index contributed by atoms with van der Waals surface area (Å²) in [6.07, 6.45) is -5.20. The van der Waals surface area contributed by atoms with Crippen molar-refractivity contribution in [3.63, 3.8) is 0 Å². The van der Waals surface area contributed by atoms with Crippen LogP contribution >= 0.6 is 0 Å². The molecule has 102 valence electrons. The van der Waals surface area contributed by atoms with Crippen molar-refractivity contribution in [1.29, 1.82) is 0 Å². The van der Waals surface area contributed by atoms with Crippen molar-refractivity contribution in [3.05, 3.63) is 0 Å². The highest BCUT2D eigenvalue weighted by atomic mass is 32.2. The molecule has 0 unspecified atom stereocenters. The smallest absolute Gasteiger partial charge is 0.402 e. The first-order valence-corrected chi connectivity index (χ1v) is 5.73. The lowest BCUT2D eigenvalue weighted by Crippen LogP contribution is -2.48. The molecule has 0 aliphatic heterocycles. The summed E-state index contributed by atoms with van der Waals surface area (Å²) in [7, 11) is -4.59. The SMILES string of the molecule is O=C(O)[C@H](CCO)NS(=O)(=O)NCC(F)(F)F. The summed E-state index contributed by atoms with van der Waals surface area (Å²) in [4.78, 5) is 10.5. The van der Waals surface area contributed by atoms with Gasteiger partial charge in [0.1, 0.15) is 12.6 Å². The number of aliphatic hydroxyl groups is 1. The van der Waals surface area contributed by atoms with E-state index in [1.54, 1.807) is 0 Å². The van der Waals surface area contributed by atoms with Crippen molar-refractivity contribution in [2.75, 3.05) is 13.2 Å². The van der Waals surface area contributed by atoms with Gasteiger partial charge in [0, 0.05) is 6.61 Å². The van der Waals surface area contributed by atoms with E-state index in [0.717, 1.165) is 4.72 Å². The number of rotatable bonds is 7. The van der Waals surface area contributed by atoms with E-state index < -0.39 is 48.0 Å². The maximum Gasteiger partial charge on any atom is 0.402 e. The second kappa shape index (κ2) is 6.14. The van der Waals surface area contributed by atoms with Gasteiger partial charge in [0.05, 0.1) is 0 Å². The summed E-state index contributed by atoms with van der Waals surface area (Å²) < 4.78 is 59.8. The summed E-state index contributed by atoms with van der Waals surface area (Å²) in [6.45, 7) is -2.44. The molecule has 0 amide bonds. The summed E-state index contributed by atoms with van der Waals surface area (Å²) in [5.74, 6) is -1.60. The lowest BCUT2D eigenvalue weighted by Gasteiger charge is -2.14. The summed E-state index contributed by atoms with van der Waals surface area (Å²) in [6, 6.07) is -1.69. The number of hydrogen-bond acceptors (Lipinski definition) is 4. The van der Waals surface area contributed by atoms with Gasteiger partial charge in [0.15, 0.2) is 0 Å². The van der Waals surface area contributed by atoms with Crippen LogP contribution in [0.25, 0.3) is 0 Å². The number of aliphatic hydroxyl groups excluding tert-OH is 1. The molecule has 7 nitrogen and oxygen atoms in total. The molecule has 0 aliphatic carbocycles. The van der Waals surface area contributed by atoms with E-state index in [1.807, 2.05) is 0 Å². The number of carbonyl (C=O) groups is 1. The molecule has 0 fully saturated rings. The Morgan fingerprint density at radius 3 is 2.24 bits per heavy atom. The summed E-state index contributed by atoms with van der Waals surface area (Å²) >= 11 is 0. The average Bonchev–Trinajstić information content (AvgIpc) is 2.13. The standard InChI is InChI=1S/C6H11F3N2O5S/c7-6(8,9)3-10-17(15,16)11-4(1-2-12)5(13)14/h4,10-12H,1-3H2,(H,13,14)/t4-/m0/s1. The number of nitrogens with one attached hydrogen (secondary N) is 2. The quantitative estimate of drug-likeness (QED) is 0.468. The molecule has 4 N–H and O–H groups in total. The van der Waals surface area contributed by atoms with Crippen LogP contribution in [0.3, 0.4) is 0 Å². The third kappa shape index (κ3) is 7.90. The predicted molar refractivity (Wildman–Crippen MR) is 49.2 cm³/mol. The molecule has 0 rings (SSSR count). The van der Waals surface area contributed by atoms with E-state index in [4.69, 9.17) is 10.2 Å². The van der Waals surface area contributed by atoms with Crippen LogP contribution in [-0.2, 0) is 15.0 Å². The molecular weight excluding hydrogens is 269 g/mol. The van der Waals surface area contributed by atoms with Crippen molar-refractivity contribution < 1.29 is 36.6 Å². The fourth-order valence-corrected chi connectivity index (χ4v) is 1.80. The van der Waals surface area contributed by atoms with Gasteiger partial charge in [-0.15, -0.1) is 0 Å². The molecule has 0 aliphatic rings. The highest BCUT2D eigenvalue weighted by Crippen LogP contribution is 2.12. The summed E-state index contributed by atoms with van der Waals surface area (Å²) in [5, 5.41) is 17.0. The van der Waals surface area contributed by atoms with E-state index in [0.29, 0.717) is 0 Å². The minimum absolute atomic E-state index is 0.456. The van der Waals surface area contributed by atoms with Crippen LogP contribution in [0, 0.1) is 0 Å². The molecule has 0 aromatic rings. The van der Waals surface area contributed by atoms with Gasteiger partial charge < -0.3 is 10.2 Å². The Balaban J connectivity index is 4.46. The van der Waals surface area contributed by atoms with E-state index in [1.165, 1.54) is 4.72 Å². The third-order valence-electron chi connectivity index (χ3n) is 1.48.